The Balaban J connectivity index is 1.94. The Bertz CT molecular complexity index is 527. The summed E-state index contributed by atoms with van der Waals surface area (Å²) < 4.78 is 5.26. The Hall–Kier alpha value is -1.84. The Morgan fingerprint density at radius 3 is 2.35 bits per heavy atom. The molecule has 1 amide bonds. The molecular weight excluding hydrogens is 290 g/mol. The van der Waals surface area contributed by atoms with Gasteiger partial charge in [-0.2, -0.15) is 0 Å². The van der Waals surface area contributed by atoms with Crippen molar-refractivity contribution in [3.8, 4) is 0 Å². The molecule has 1 aromatic carbocycles. The highest BCUT2D eigenvalue weighted by Crippen LogP contribution is 2.31. The van der Waals surface area contributed by atoms with Crippen LogP contribution in [0.2, 0.25) is 0 Å². The van der Waals surface area contributed by atoms with Crippen molar-refractivity contribution >= 4 is 11.9 Å². The maximum Gasteiger partial charge on any atom is 0.408 e. The van der Waals surface area contributed by atoms with Gasteiger partial charge in [0, 0.05) is 5.92 Å². The molecule has 1 fully saturated rings. The van der Waals surface area contributed by atoms with Crippen molar-refractivity contribution in [3.05, 3.63) is 35.9 Å². The summed E-state index contributed by atoms with van der Waals surface area (Å²) in [6.45, 7) is 6.13. The Labute approximate surface area is 138 Å². The highest BCUT2D eigenvalue weighted by atomic mass is 16.5. The van der Waals surface area contributed by atoms with E-state index in [1.54, 1.807) is 0 Å². The number of benzene rings is 1. The molecule has 1 aromatic rings. The molecule has 0 aliphatic heterocycles. The fourth-order valence-corrected chi connectivity index (χ4v) is 3.04. The summed E-state index contributed by atoms with van der Waals surface area (Å²) in [6, 6.07) is 9.01. The van der Waals surface area contributed by atoms with Crippen LogP contribution in [0, 0.1) is 11.3 Å². The highest BCUT2D eigenvalue weighted by Gasteiger charge is 2.37. The van der Waals surface area contributed by atoms with Crippen molar-refractivity contribution in [1.82, 2.24) is 5.32 Å². The van der Waals surface area contributed by atoms with E-state index in [2.05, 4.69) is 5.32 Å². The van der Waals surface area contributed by atoms with Gasteiger partial charge < -0.3 is 10.1 Å². The average molecular weight is 317 g/mol. The maximum absolute atomic E-state index is 12.7. The molecule has 4 nitrogen and oxygen atoms in total. The Morgan fingerprint density at radius 1 is 1.17 bits per heavy atom. The van der Waals surface area contributed by atoms with E-state index in [4.69, 9.17) is 4.74 Å². The minimum atomic E-state index is -0.528. The van der Waals surface area contributed by atoms with E-state index >= 15 is 0 Å². The third-order valence-electron chi connectivity index (χ3n) is 4.38. The summed E-state index contributed by atoms with van der Waals surface area (Å²) in [4.78, 5) is 24.8. The first-order chi connectivity index (χ1) is 10.9. The monoisotopic (exact) mass is 317 g/mol. The van der Waals surface area contributed by atoms with Crippen LogP contribution in [0.25, 0.3) is 0 Å². The third kappa shape index (κ3) is 5.08. The van der Waals surface area contributed by atoms with E-state index in [-0.39, 0.29) is 23.7 Å². The minimum Gasteiger partial charge on any atom is -0.445 e. The lowest BCUT2D eigenvalue weighted by molar-refractivity contribution is -0.127. The number of hydrogen-bond acceptors (Lipinski definition) is 3. The molecular formula is C19H27NO3. The van der Waals surface area contributed by atoms with Gasteiger partial charge in [0.2, 0.25) is 0 Å². The zero-order valence-electron chi connectivity index (χ0n) is 14.3. The predicted octanol–water partition coefficient (Wildman–Crippen LogP) is 4.09. The summed E-state index contributed by atoms with van der Waals surface area (Å²) in [5.41, 5.74) is 0.600. The molecule has 1 N–H and O–H groups in total. The Kier molecular flexibility index (Phi) is 5.80. The number of ketones is 1. The van der Waals surface area contributed by atoms with Gasteiger partial charge >= 0.3 is 6.09 Å². The molecule has 0 spiro atoms. The zero-order chi connectivity index (χ0) is 16.9. The SMILES string of the molecule is CC(C)(C)[C@H](NC(=O)OCc1ccccc1)C(=O)C1CCCC1. The molecule has 1 aliphatic carbocycles. The van der Waals surface area contributed by atoms with Crippen LogP contribution < -0.4 is 5.32 Å². The molecule has 0 saturated heterocycles. The number of alkyl carbamates (subject to hydrolysis) is 1. The Morgan fingerprint density at radius 2 is 1.78 bits per heavy atom. The van der Waals surface area contributed by atoms with Gasteiger partial charge in [-0.25, -0.2) is 4.79 Å². The van der Waals surface area contributed by atoms with Crippen molar-refractivity contribution < 1.29 is 14.3 Å². The number of ether oxygens (including phenoxy) is 1. The molecule has 2 rings (SSSR count). The van der Waals surface area contributed by atoms with E-state index in [1.165, 1.54) is 0 Å². The van der Waals surface area contributed by atoms with Crippen molar-refractivity contribution in [2.45, 2.75) is 59.1 Å². The van der Waals surface area contributed by atoms with E-state index in [0.717, 1.165) is 31.2 Å². The van der Waals surface area contributed by atoms with E-state index in [0.29, 0.717) is 0 Å². The van der Waals surface area contributed by atoms with Crippen LogP contribution in [0.4, 0.5) is 4.79 Å². The zero-order valence-corrected chi connectivity index (χ0v) is 14.3. The van der Waals surface area contributed by atoms with Crippen LogP contribution in [0.1, 0.15) is 52.0 Å². The second-order valence-electron chi connectivity index (χ2n) is 7.39. The quantitative estimate of drug-likeness (QED) is 0.890. The van der Waals surface area contributed by atoms with Gasteiger partial charge in [-0.05, 0) is 23.8 Å². The molecule has 126 valence electrons. The van der Waals surface area contributed by atoms with E-state index in [9.17, 15) is 9.59 Å². The van der Waals surface area contributed by atoms with Crippen LogP contribution in [-0.2, 0) is 16.1 Å². The van der Waals surface area contributed by atoms with Crippen molar-refractivity contribution in [2.75, 3.05) is 0 Å². The van der Waals surface area contributed by atoms with Gasteiger partial charge in [0.15, 0.2) is 5.78 Å². The highest BCUT2D eigenvalue weighted by molar-refractivity contribution is 5.90. The third-order valence-corrected chi connectivity index (χ3v) is 4.38. The molecule has 0 heterocycles. The molecule has 1 atom stereocenters. The van der Waals surface area contributed by atoms with Gasteiger partial charge in [-0.15, -0.1) is 0 Å². The molecule has 23 heavy (non-hydrogen) atoms. The minimum absolute atomic E-state index is 0.0775. The fourth-order valence-electron chi connectivity index (χ4n) is 3.04. The van der Waals surface area contributed by atoms with Crippen LogP contribution in [0.3, 0.4) is 0 Å². The van der Waals surface area contributed by atoms with Crippen LogP contribution in [0.15, 0.2) is 30.3 Å². The summed E-state index contributed by atoms with van der Waals surface area (Å²) in [7, 11) is 0. The fraction of sp³-hybridized carbons (Fsp3) is 0.579. The van der Waals surface area contributed by atoms with Crippen LogP contribution in [-0.4, -0.2) is 17.9 Å². The number of Topliss-reactive ketones (excluding diaryl/α,β-unsaturated/α-hetero) is 1. The topological polar surface area (TPSA) is 55.4 Å². The van der Waals surface area contributed by atoms with Gasteiger partial charge in [0.1, 0.15) is 6.61 Å². The number of carbonyl (C=O) groups is 2. The van der Waals surface area contributed by atoms with Gasteiger partial charge in [0.25, 0.3) is 0 Å². The standard InChI is InChI=1S/C19H27NO3/c1-19(2,3)17(16(21)15-11-7-8-12-15)20-18(22)23-13-14-9-5-4-6-10-14/h4-6,9-10,15,17H,7-8,11-13H2,1-3H3,(H,20,22)/t17-/m1/s1. The molecule has 0 aromatic heterocycles. The van der Waals surface area contributed by atoms with E-state index < -0.39 is 12.1 Å². The lowest BCUT2D eigenvalue weighted by Gasteiger charge is -2.31. The molecule has 1 saturated carbocycles. The maximum atomic E-state index is 12.7. The summed E-state index contributed by atoms with van der Waals surface area (Å²) in [5.74, 6) is 0.223. The van der Waals surface area contributed by atoms with Crippen molar-refractivity contribution in [1.29, 1.82) is 0 Å². The average Bonchev–Trinajstić information content (AvgIpc) is 3.04. The number of amides is 1. The predicted molar refractivity (Wildman–Crippen MR) is 90.0 cm³/mol. The van der Waals surface area contributed by atoms with E-state index in [1.807, 2.05) is 51.1 Å². The van der Waals surface area contributed by atoms with Gasteiger partial charge in [-0.3, -0.25) is 4.79 Å². The first-order valence-electron chi connectivity index (χ1n) is 8.39. The largest absolute Gasteiger partial charge is 0.445 e. The summed E-state index contributed by atoms with van der Waals surface area (Å²) in [6.07, 6.45) is 3.55. The smallest absolute Gasteiger partial charge is 0.408 e. The summed E-state index contributed by atoms with van der Waals surface area (Å²) >= 11 is 0. The lowest BCUT2D eigenvalue weighted by atomic mass is 9.80. The molecule has 4 heteroatoms. The molecule has 0 bridgehead atoms. The van der Waals surface area contributed by atoms with Crippen LogP contribution >= 0.6 is 0 Å². The van der Waals surface area contributed by atoms with Crippen LogP contribution in [0.5, 0.6) is 0 Å². The normalized spacial score (nSPS) is 16.8. The van der Waals surface area contributed by atoms with Gasteiger partial charge in [-0.1, -0.05) is 63.9 Å². The van der Waals surface area contributed by atoms with Crippen molar-refractivity contribution in [3.63, 3.8) is 0 Å². The van der Waals surface area contributed by atoms with Crippen molar-refractivity contribution in [2.24, 2.45) is 11.3 Å². The molecule has 0 radical (unpaired) electrons. The van der Waals surface area contributed by atoms with Gasteiger partial charge in [0.05, 0.1) is 6.04 Å². The first-order valence-corrected chi connectivity index (χ1v) is 8.39. The molecule has 1 aliphatic rings. The summed E-state index contributed by atoms with van der Waals surface area (Å²) in [5, 5.41) is 2.79. The number of nitrogens with one attached hydrogen (secondary N) is 1. The second-order valence-corrected chi connectivity index (χ2v) is 7.39. The second kappa shape index (κ2) is 7.62. The number of carbonyl (C=O) groups excluding carboxylic acids is 2. The number of rotatable bonds is 5. The number of hydrogen-bond donors (Lipinski definition) is 1. The molecule has 0 unspecified atom stereocenters. The first kappa shape index (κ1) is 17.5. The lowest BCUT2D eigenvalue weighted by Crippen LogP contribution is -2.51.